The van der Waals surface area contributed by atoms with Crippen LogP contribution in [0.1, 0.15) is 154 Å². The van der Waals surface area contributed by atoms with E-state index in [4.69, 9.17) is 74.4 Å². The maximum atomic E-state index is 13.8. The van der Waals surface area contributed by atoms with E-state index in [2.05, 4.69) is 57.2 Å². The molecule has 0 aliphatic heterocycles. The van der Waals surface area contributed by atoms with Gasteiger partial charge < -0.3 is 67.4 Å². The average Bonchev–Trinajstić information content (AvgIpc) is 1.62. The Morgan fingerprint density at radius 2 is 0.641 bits per heavy atom. The molecule has 3 saturated carbocycles. The van der Waals surface area contributed by atoms with Crippen LogP contribution in [-0.2, 0) is 57.4 Å². The zero-order valence-electron chi connectivity index (χ0n) is 70.8. The molecule has 0 radical (unpaired) electrons. The number of rotatable bonds is 42. The van der Waals surface area contributed by atoms with E-state index >= 15 is 0 Å². The number of benzene rings is 7. The van der Waals surface area contributed by atoms with Gasteiger partial charge in [-0.2, -0.15) is 9.98 Å². The molecule has 3 fully saturated rings. The summed E-state index contributed by atoms with van der Waals surface area (Å²) in [6.07, 6.45) is 19.7. The van der Waals surface area contributed by atoms with Crippen LogP contribution in [0.25, 0.3) is 41.6 Å². The molecule has 3 aliphatic rings. The minimum Gasteiger partial charge on any atom is -0.506 e. The van der Waals surface area contributed by atoms with Gasteiger partial charge in [0.15, 0.2) is 11.5 Å². The van der Waals surface area contributed by atoms with Gasteiger partial charge in [0.25, 0.3) is 0 Å². The summed E-state index contributed by atoms with van der Waals surface area (Å²) in [5.41, 5.74) is 3.74. The maximum Gasteiger partial charge on any atom is 0.330 e. The first kappa shape index (κ1) is 97.6. The van der Waals surface area contributed by atoms with Crippen molar-refractivity contribution >= 4 is 143 Å². The van der Waals surface area contributed by atoms with Crippen molar-refractivity contribution in [2.45, 2.75) is 154 Å². The standard InChI is InChI=1S/C60H64N2O14S2.C23H30O7.C14H8N2O2S2/c1-3-52(63)71-37-11-7-5-9-35-69-46-25-29-48(30-26-46)73-57(65)41-13-17-43(18-14-41)59(67)75-50-33-34-51(55-54(50)62-56(78-55)40-21-23-45(24-22-40)61-39-77)76-60(68)44-19-15-42(16-20-44)58(66)74-49-31-27-47(28-32-49)70-36-10-6-8-12-38-72-53(64)4-2;1-2-21(24)29-16-6-4-3-5-15-28-19-11-13-20(14-12-19)30-23(27)18-9-7-17(8-10-18)22(25)26;17-10-5-6-11(18)13-12(10)16-14(20-13)8-1-3-9(4-2-8)15-7-19/h3-4,21-34,41-44H,1-2,5-20,35-38H2;2,11-14,17-18H,1,3-10,15-16H2,(H,25,26);1-6,17-18H. The molecule has 672 valence electrons. The summed E-state index contributed by atoms with van der Waals surface area (Å²) < 4.78 is 62.3. The van der Waals surface area contributed by atoms with E-state index in [9.17, 15) is 53.4 Å². The van der Waals surface area contributed by atoms with Gasteiger partial charge >= 0.3 is 53.7 Å². The number of unbranched alkanes of at least 4 members (excludes halogenated alkanes) is 9. The highest BCUT2D eigenvalue weighted by atomic mass is 32.1. The number of thiocarbonyl (C=S) groups is 2. The number of carboxylic acids is 1. The van der Waals surface area contributed by atoms with Gasteiger partial charge in [0.2, 0.25) is 0 Å². The lowest BCUT2D eigenvalue weighted by Crippen LogP contribution is -2.30. The van der Waals surface area contributed by atoms with Crippen LogP contribution in [-0.4, -0.2) is 129 Å². The number of hydrogen-bond donors (Lipinski definition) is 3. The number of carboxylic acid groups (broad SMARTS) is 1. The first-order valence-electron chi connectivity index (χ1n) is 42.7. The molecule has 0 atom stereocenters. The number of fused-ring (bicyclic) bond motifs is 2. The number of hydrogen-bond acceptors (Lipinski definition) is 30. The molecule has 3 aliphatic carbocycles. The number of thiazole rings is 2. The van der Waals surface area contributed by atoms with Gasteiger partial charge in [0.1, 0.15) is 76.4 Å². The number of aliphatic carboxylic acids is 1. The SMILES string of the molecule is C=CC(=O)OCCCCCCOc1ccc(OC(=O)C2CCC(C(=O)O)CC2)cc1.C=CC(=O)OCCCCCCOc1ccc(OC(=O)C2CCC(C(=O)Oc3ccc(OC(=O)C4CCC(C(=O)Oc5ccc(OCCCCCCOC(=O)C=C)cc5)CC4)c4sc(-c5ccc(N=C=S)cc5)nc34)CC2)cc1.Oc1ccc(O)c2sc(-c3ccc(N=C=S)cc3)nc12. The molecule has 128 heavy (non-hydrogen) atoms. The van der Waals surface area contributed by atoms with Crippen molar-refractivity contribution in [2.75, 3.05) is 39.6 Å². The van der Waals surface area contributed by atoms with Crippen LogP contribution in [0.2, 0.25) is 0 Å². The van der Waals surface area contributed by atoms with Gasteiger partial charge in [-0.1, -0.05) is 19.7 Å². The predicted molar refractivity (Wildman–Crippen MR) is 490 cm³/mol. The van der Waals surface area contributed by atoms with Crippen LogP contribution < -0.4 is 37.9 Å². The second kappa shape index (κ2) is 51.9. The minimum atomic E-state index is -0.786. The van der Waals surface area contributed by atoms with E-state index < -0.39 is 47.7 Å². The highest BCUT2D eigenvalue weighted by Crippen LogP contribution is 2.45. The highest BCUT2D eigenvalue weighted by Gasteiger charge is 2.36. The number of phenols is 2. The van der Waals surface area contributed by atoms with Crippen molar-refractivity contribution in [3.8, 4) is 78.6 Å². The van der Waals surface area contributed by atoms with Gasteiger partial charge in [-0.05, 0) is 324 Å². The molecule has 0 saturated heterocycles. The Hall–Kier alpha value is -12.6. The minimum absolute atomic E-state index is 0.0576. The second-order valence-electron chi connectivity index (χ2n) is 30.5. The van der Waals surface area contributed by atoms with E-state index in [0.717, 1.165) is 117 Å². The fourth-order valence-electron chi connectivity index (χ4n) is 14.2. The number of isothiocyanates is 2. The van der Waals surface area contributed by atoms with E-state index in [-0.39, 0.29) is 64.6 Å². The highest BCUT2D eigenvalue weighted by molar-refractivity contribution is 7.78. The van der Waals surface area contributed by atoms with Crippen LogP contribution in [0, 0.1) is 35.5 Å². The lowest BCUT2D eigenvalue weighted by Gasteiger charge is -2.26. The normalized spacial score (nSPS) is 16.2. The van der Waals surface area contributed by atoms with Gasteiger partial charge in [0.05, 0.1) is 96.8 Å². The number of carbonyl (C=O) groups excluding carboxylic acids is 8. The summed E-state index contributed by atoms with van der Waals surface area (Å²) in [5, 5.41) is 34.6. The molecule has 12 rings (SSSR count). The third-order valence-corrected chi connectivity index (χ3v) is 23.9. The Kier molecular flexibility index (Phi) is 39.5. The molecule has 2 heterocycles. The summed E-state index contributed by atoms with van der Waals surface area (Å²) in [6.45, 7) is 12.9. The number of phenolic OH excluding ortho intramolecular Hbond substituents is 2. The fourth-order valence-corrected chi connectivity index (χ4v) is 16.5. The van der Waals surface area contributed by atoms with Crippen molar-refractivity contribution in [3.63, 3.8) is 0 Å². The quantitative estimate of drug-likeness (QED) is 0.00467. The second-order valence-corrected chi connectivity index (χ2v) is 32.8. The molecule has 0 unspecified atom stereocenters. The van der Waals surface area contributed by atoms with Crippen LogP contribution in [0.3, 0.4) is 0 Å². The first-order chi connectivity index (χ1) is 62.2. The van der Waals surface area contributed by atoms with Crippen molar-refractivity contribution in [2.24, 2.45) is 45.5 Å². The Labute approximate surface area is 760 Å². The topological polar surface area (TPSA) is 366 Å². The molecule has 0 bridgehead atoms. The van der Waals surface area contributed by atoms with Crippen LogP contribution >= 0.6 is 47.1 Å². The predicted octanol–water partition coefficient (Wildman–Crippen LogP) is 20.9. The Morgan fingerprint density at radius 1 is 0.352 bits per heavy atom. The molecule has 9 aromatic rings. The first-order valence-corrected chi connectivity index (χ1v) is 45.1. The number of nitrogens with zero attached hydrogens (tertiary/aromatic N) is 4. The number of aromatic nitrogens is 2. The van der Waals surface area contributed by atoms with Gasteiger partial charge in [-0.3, -0.25) is 28.8 Å². The molecular weight excluding hydrogens is 1720 g/mol. The van der Waals surface area contributed by atoms with E-state index in [0.29, 0.717) is 182 Å². The average molecular weight is 1820 g/mol. The monoisotopic (exact) mass is 1820 g/mol. The van der Waals surface area contributed by atoms with E-state index in [1.807, 2.05) is 24.3 Å². The molecule has 3 N–H and O–H groups in total. The number of esters is 8. The zero-order chi connectivity index (χ0) is 90.9. The van der Waals surface area contributed by atoms with Crippen molar-refractivity contribution in [3.05, 3.63) is 184 Å². The van der Waals surface area contributed by atoms with E-state index in [1.54, 1.807) is 109 Å². The fraction of sp³-hybridized carbons (Fsp3) is 0.371. The maximum absolute atomic E-state index is 13.8. The van der Waals surface area contributed by atoms with Crippen LogP contribution in [0.4, 0.5) is 11.4 Å². The van der Waals surface area contributed by atoms with Crippen molar-refractivity contribution in [1.29, 1.82) is 0 Å². The summed E-state index contributed by atoms with van der Waals surface area (Å²) in [7, 11) is 0. The van der Waals surface area contributed by atoms with E-state index in [1.165, 1.54) is 34.8 Å². The molecule has 7 aromatic carbocycles. The van der Waals surface area contributed by atoms with Gasteiger partial charge in [-0.25, -0.2) is 24.4 Å². The van der Waals surface area contributed by atoms with Crippen molar-refractivity contribution in [1.82, 2.24) is 9.97 Å². The summed E-state index contributed by atoms with van der Waals surface area (Å²) in [4.78, 5) is 128. The van der Waals surface area contributed by atoms with Crippen LogP contribution in [0.15, 0.2) is 194 Å². The third-order valence-electron chi connectivity index (χ3n) is 21.5. The smallest absolute Gasteiger partial charge is 0.330 e. The Bertz CT molecular complexity index is 5150. The Balaban J connectivity index is 0.000000274. The third kappa shape index (κ3) is 31.2. The van der Waals surface area contributed by atoms with Crippen molar-refractivity contribution < 1.29 is 111 Å². The molecule has 2 aromatic heterocycles. The molecule has 27 nitrogen and oxygen atoms in total. The Morgan fingerprint density at radius 3 is 0.969 bits per heavy atom. The zero-order valence-corrected chi connectivity index (χ0v) is 74.1. The number of carbonyl (C=O) groups is 9. The number of aliphatic imine (C=N–C) groups is 2. The lowest BCUT2D eigenvalue weighted by atomic mass is 9.82. The summed E-state index contributed by atoms with van der Waals surface area (Å²) >= 11 is 11.9. The largest absolute Gasteiger partial charge is 0.506 e. The summed E-state index contributed by atoms with van der Waals surface area (Å²) in [6, 6.07) is 41.4. The number of aromatic hydroxyl groups is 2. The molecule has 0 spiro atoms. The van der Waals surface area contributed by atoms with Gasteiger partial charge in [0, 0.05) is 29.4 Å². The molecule has 0 amide bonds. The van der Waals surface area contributed by atoms with Crippen LogP contribution in [0.5, 0.6) is 57.5 Å². The lowest BCUT2D eigenvalue weighted by molar-refractivity contribution is -0.146. The number of ether oxygens (including phenoxy) is 11. The summed E-state index contributed by atoms with van der Waals surface area (Å²) in [5.74, 6) is -2.22. The van der Waals surface area contributed by atoms with Gasteiger partial charge in [-0.15, -0.1) is 22.7 Å². The molecule has 31 heteroatoms. The molecular formula is C97H102N4O23S4.